The highest BCUT2D eigenvalue weighted by Crippen LogP contribution is 2.03. The molecule has 0 aliphatic carbocycles. The average molecular weight is 292 g/mol. The Kier molecular flexibility index (Phi) is 6.39. The molecule has 0 radical (unpaired) electrons. The number of esters is 1. The zero-order chi connectivity index (χ0) is 15.8. The Hall–Kier alpha value is -2.37. The standard InChI is InChI=1S/C15H20N2O4/c1-4-16-14(19)11(3)21-13(18)9-17-15(20)12-7-5-6-10(2)8-12/h5-8,11H,4,9H2,1-3H3,(H,16,19)(H,17,20)/t11-/m1/s1. The van der Waals surface area contributed by atoms with Gasteiger partial charge in [-0.15, -0.1) is 0 Å². The molecule has 1 rings (SSSR count). The van der Waals surface area contributed by atoms with E-state index in [1.54, 1.807) is 25.1 Å². The van der Waals surface area contributed by atoms with Crippen LogP contribution in [0.3, 0.4) is 0 Å². The lowest BCUT2D eigenvalue weighted by molar-refractivity contribution is -0.153. The molecule has 0 bridgehead atoms. The minimum absolute atomic E-state index is 0.281. The predicted molar refractivity (Wildman–Crippen MR) is 77.7 cm³/mol. The molecular formula is C15H20N2O4. The van der Waals surface area contributed by atoms with Crippen LogP contribution < -0.4 is 10.6 Å². The minimum atomic E-state index is -0.881. The van der Waals surface area contributed by atoms with Crippen LogP contribution in [-0.4, -0.2) is 37.0 Å². The third-order valence-electron chi connectivity index (χ3n) is 2.70. The molecule has 2 N–H and O–H groups in total. The van der Waals surface area contributed by atoms with Crippen LogP contribution in [0, 0.1) is 6.92 Å². The molecule has 21 heavy (non-hydrogen) atoms. The molecule has 0 unspecified atom stereocenters. The van der Waals surface area contributed by atoms with Gasteiger partial charge in [0.2, 0.25) is 0 Å². The van der Waals surface area contributed by atoms with Crippen molar-refractivity contribution in [2.45, 2.75) is 26.9 Å². The monoisotopic (exact) mass is 292 g/mol. The normalized spacial score (nSPS) is 11.4. The molecule has 0 aliphatic rings. The van der Waals surface area contributed by atoms with E-state index >= 15 is 0 Å². The second-order valence-electron chi connectivity index (χ2n) is 4.58. The van der Waals surface area contributed by atoms with Gasteiger partial charge >= 0.3 is 5.97 Å². The lowest BCUT2D eigenvalue weighted by atomic mass is 10.1. The summed E-state index contributed by atoms with van der Waals surface area (Å²) in [5, 5.41) is 5.00. The molecule has 0 fully saturated rings. The second kappa shape index (κ2) is 8.04. The number of carbonyl (C=O) groups excluding carboxylic acids is 3. The zero-order valence-electron chi connectivity index (χ0n) is 12.4. The topological polar surface area (TPSA) is 84.5 Å². The van der Waals surface area contributed by atoms with E-state index < -0.39 is 12.1 Å². The van der Waals surface area contributed by atoms with Gasteiger partial charge in [0.25, 0.3) is 11.8 Å². The van der Waals surface area contributed by atoms with Crippen LogP contribution in [0.25, 0.3) is 0 Å². The van der Waals surface area contributed by atoms with E-state index in [4.69, 9.17) is 4.74 Å². The van der Waals surface area contributed by atoms with Crippen LogP contribution >= 0.6 is 0 Å². The fourth-order valence-electron chi connectivity index (χ4n) is 1.65. The van der Waals surface area contributed by atoms with Crippen molar-refractivity contribution < 1.29 is 19.1 Å². The van der Waals surface area contributed by atoms with Crippen molar-refractivity contribution in [3.05, 3.63) is 35.4 Å². The van der Waals surface area contributed by atoms with Gasteiger partial charge < -0.3 is 15.4 Å². The first-order valence-corrected chi connectivity index (χ1v) is 6.76. The summed E-state index contributed by atoms with van der Waals surface area (Å²) in [4.78, 5) is 34.8. The highest BCUT2D eigenvalue weighted by molar-refractivity contribution is 5.96. The number of hydrogen-bond donors (Lipinski definition) is 2. The van der Waals surface area contributed by atoms with Gasteiger partial charge in [-0.05, 0) is 32.9 Å². The van der Waals surface area contributed by atoms with E-state index in [0.29, 0.717) is 12.1 Å². The number of carbonyl (C=O) groups is 3. The van der Waals surface area contributed by atoms with E-state index in [0.717, 1.165) is 5.56 Å². The summed E-state index contributed by atoms with van der Waals surface area (Å²) in [6.45, 7) is 5.31. The summed E-state index contributed by atoms with van der Waals surface area (Å²) < 4.78 is 4.91. The molecule has 0 spiro atoms. The molecule has 2 amide bonds. The van der Waals surface area contributed by atoms with E-state index in [9.17, 15) is 14.4 Å². The molecule has 114 valence electrons. The quantitative estimate of drug-likeness (QED) is 0.759. The number of amides is 2. The lowest BCUT2D eigenvalue weighted by Gasteiger charge is -2.13. The molecule has 1 aromatic rings. The van der Waals surface area contributed by atoms with Crippen molar-refractivity contribution in [1.29, 1.82) is 0 Å². The second-order valence-corrected chi connectivity index (χ2v) is 4.58. The fraction of sp³-hybridized carbons (Fsp3) is 0.400. The van der Waals surface area contributed by atoms with Gasteiger partial charge in [0.05, 0.1) is 0 Å². The highest BCUT2D eigenvalue weighted by Gasteiger charge is 2.17. The summed E-state index contributed by atoms with van der Waals surface area (Å²) in [5.74, 6) is -1.38. The van der Waals surface area contributed by atoms with Gasteiger partial charge in [0, 0.05) is 12.1 Å². The number of nitrogens with one attached hydrogen (secondary N) is 2. The lowest BCUT2D eigenvalue weighted by Crippen LogP contribution is -2.38. The minimum Gasteiger partial charge on any atom is -0.451 e. The van der Waals surface area contributed by atoms with Crippen molar-refractivity contribution >= 4 is 17.8 Å². The van der Waals surface area contributed by atoms with Gasteiger partial charge in [-0.1, -0.05) is 17.7 Å². The number of aryl methyl sites for hydroxylation is 1. The maximum Gasteiger partial charge on any atom is 0.326 e. The van der Waals surface area contributed by atoms with E-state index in [1.165, 1.54) is 6.92 Å². The van der Waals surface area contributed by atoms with Crippen LogP contribution in [-0.2, 0) is 14.3 Å². The Labute approximate surface area is 123 Å². The number of ether oxygens (including phenoxy) is 1. The van der Waals surface area contributed by atoms with Crippen molar-refractivity contribution in [2.24, 2.45) is 0 Å². The van der Waals surface area contributed by atoms with Crippen molar-refractivity contribution in [3.8, 4) is 0 Å². The van der Waals surface area contributed by atoms with Crippen molar-refractivity contribution in [2.75, 3.05) is 13.1 Å². The number of rotatable bonds is 6. The first-order chi connectivity index (χ1) is 9.93. The summed E-state index contributed by atoms with van der Waals surface area (Å²) in [6.07, 6.45) is -0.881. The third kappa shape index (κ3) is 5.64. The fourth-order valence-corrected chi connectivity index (χ4v) is 1.65. The Morgan fingerprint density at radius 1 is 1.24 bits per heavy atom. The van der Waals surface area contributed by atoms with Crippen LogP contribution in [0.15, 0.2) is 24.3 Å². The molecule has 1 aromatic carbocycles. The number of hydrogen-bond acceptors (Lipinski definition) is 4. The Morgan fingerprint density at radius 2 is 1.95 bits per heavy atom. The maximum absolute atomic E-state index is 11.8. The maximum atomic E-state index is 11.8. The predicted octanol–water partition coefficient (Wildman–Crippen LogP) is 0.793. The van der Waals surface area contributed by atoms with E-state index in [-0.39, 0.29) is 18.4 Å². The molecule has 0 saturated heterocycles. The summed E-state index contributed by atoms with van der Waals surface area (Å²) in [5.41, 5.74) is 1.43. The van der Waals surface area contributed by atoms with Gasteiger partial charge in [-0.3, -0.25) is 14.4 Å². The first kappa shape index (κ1) is 16.7. The van der Waals surface area contributed by atoms with Crippen LogP contribution in [0.4, 0.5) is 0 Å². The third-order valence-corrected chi connectivity index (χ3v) is 2.70. The van der Waals surface area contributed by atoms with Gasteiger partial charge in [0.1, 0.15) is 6.54 Å². The van der Waals surface area contributed by atoms with Gasteiger partial charge in [-0.2, -0.15) is 0 Å². The summed E-state index contributed by atoms with van der Waals surface area (Å²) >= 11 is 0. The molecule has 6 nitrogen and oxygen atoms in total. The molecule has 1 atom stereocenters. The van der Waals surface area contributed by atoms with Crippen molar-refractivity contribution in [3.63, 3.8) is 0 Å². The van der Waals surface area contributed by atoms with E-state index in [1.807, 2.05) is 13.0 Å². The highest BCUT2D eigenvalue weighted by atomic mass is 16.5. The summed E-state index contributed by atoms with van der Waals surface area (Å²) in [7, 11) is 0. The molecular weight excluding hydrogens is 272 g/mol. The van der Waals surface area contributed by atoms with Crippen molar-refractivity contribution in [1.82, 2.24) is 10.6 Å². The number of likely N-dealkylation sites (N-methyl/N-ethyl adjacent to an activating group) is 1. The average Bonchev–Trinajstić information content (AvgIpc) is 2.45. The van der Waals surface area contributed by atoms with Crippen LogP contribution in [0.5, 0.6) is 0 Å². The largest absolute Gasteiger partial charge is 0.451 e. The molecule has 6 heteroatoms. The molecule has 0 aromatic heterocycles. The van der Waals surface area contributed by atoms with Gasteiger partial charge in [-0.25, -0.2) is 0 Å². The van der Waals surface area contributed by atoms with Crippen LogP contribution in [0.1, 0.15) is 29.8 Å². The SMILES string of the molecule is CCNC(=O)[C@@H](C)OC(=O)CNC(=O)c1cccc(C)c1. The smallest absolute Gasteiger partial charge is 0.326 e. The molecule has 0 heterocycles. The van der Waals surface area contributed by atoms with Crippen LogP contribution in [0.2, 0.25) is 0 Å². The molecule has 0 aliphatic heterocycles. The number of benzene rings is 1. The Morgan fingerprint density at radius 3 is 2.57 bits per heavy atom. The molecule has 0 saturated carbocycles. The Bertz CT molecular complexity index is 528. The summed E-state index contributed by atoms with van der Waals surface area (Å²) in [6, 6.07) is 7.02. The van der Waals surface area contributed by atoms with Gasteiger partial charge in [0.15, 0.2) is 6.10 Å². The van der Waals surface area contributed by atoms with E-state index in [2.05, 4.69) is 10.6 Å². The first-order valence-electron chi connectivity index (χ1n) is 6.76. The zero-order valence-corrected chi connectivity index (χ0v) is 12.4. The Balaban J connectivity index is 2.42.